The fraction of sp³-hybridized carbons (Fsp3) is 0.176. The molecule has 25 heavy (non-hydrogen) atoms. The lowest BCUT2D eigenvalue weighted by Gasteiger charge is -2.09. The second-order valence-corrected chi connectivity index (χ2v) is 5.52. The summed E-state index contributed by atoms with van der Waals surface area (Å²) in [6, 6.07) is 7.90. The van der Waals surface area contributed by atoms with Crippen molar-refractivity contribution in [3.05, 3.63) is 70.2 Å². The van der Waals surface area contributed by atoms with E-state index in [4.69, 9.17) is 4.52 Å². The molecule has 0 aliphatic carbocycles. The molecule has 0 aliphatic rings. The molecule has 3 rings (SSSR count). The molecular weight excluding hydrogens is 327 g/mol. The van der Waals surface area contributed by atoms with Gasteiger partial charge in [0.2, 0.25) is 11.7 Å². The quantitative estimate of drug-likeness (QED) is 0.784. The molecule has 7 nitrogen and oxygen atoms in total. The fourth-order valence-electron chi connectivity index (χ4n) is 2.16. The zero-order valence-electron chi connectivity index (χ0n) is 13.6. The Morgan fingerprint density at radius 2 is 2.00 bits per heavy atom. The average molecular weight is 342 g/mol. The van der Waals surface area contributed by atoms with Gasteiger partial charge in [-0.2, -0.15) is 4.98 Å². The molecule has 3 aromatic rings. The van der Waals surface area contributed by atoms with Gasteiger partial charge in [0.05, 0.1) is 0 Å². The number of carbonyl (C=O) groups excluding carboxylic acids is 1. The number of carbonyl (C=O) groups is 1. The minimum atomic E-state index is -0.557. The number of nitrogens with zero attached hydrogens (tertiary/aromatic N) is 3. The van der Waals surface area contributed by atoms with Gasteiger partial charge in [-0.05, 0) is 37.3 Å². The third-order valence-electron chi connectivity index (χ3n) is 3.63. The van der Waals surface area contributed by atoms with Gasteiger partial charge in [0.25, 0.3) is 11.5 Å². The third kappa shape index (κ3) is 3.63. The van der Waals surface area contributed by atoms with Gasteiger partial charge >= 0.3 is 0 Å². The van der Waals surface area contributed by atoms with Crippen LogP contribution in [0.3, 0.4) is 0 Å². The minimum absolute atomic E-state index is 0.205. The van der Waals surface area contributed by atoms with Gasteiger partial charge < -0.3 is 14.4 Å². The monoisotopic (exact) mass is 342 g/mol. The van der Waals surface area contributed by atoms with Crippen LogP contribution in [-0.4, -0.2) is 20.6 Å². The number of rotatable bonds is 4. The highest BCUT2D eigenvalue weighted by molar-refractivity contribution is 5.94. The summed E-state index contributed by atoms with van der Waals surface area (Å²) in [5.74, 6) is -0.282. The Hall–Kier alpha value is -3.29. The molecule has 1 aromatic carbocycles. The number of benzene rings is 1. The van der Waals surface area contributed by atoms with E-state index in [1.165, 1.54) is 41.1 Å². The number of nitrogens with one attached hydrogen (secondary N) is 1. The first-order chi connectivity index (χ1) is 11.9. The number of hydrogen-bond donors (Lipinski definition) is 1. The first-order valence-corrected chi connectivity index (χ1v) is 7.51. The molecular formula is C17H15FN4O3. The number of pyridine rings is 1. The van der Waals surface area contributed by atoms with Crippen molar-refractivity contribution in [1.29, 1.82) is 0 Å². The van der Waals surface area contributed by atoms with Crippen LogP contribution in [0.5, 0.6) is 0 Å². The highest BCUT2D eigenvalue weighted by Gasteiger charge is 2.18. The van der Waals surface area contributed by atoms with Crippen molar-refractivity contribution >= 4 is 5.91 Å². The normalized spacial score (nSPS) is 12.0. The summed E-state index contributed by atoms with van der Waals surface area (Å²) in [7, 11) is 1.60. The van der Waals surface area contributed by atoms with E-state index in [-0.39, 0.29) is 22.8 Å². The second kappa shape index (κ2) is 6.68. The Morgan fingerprint density at radius 1 is 1.28 bits per heavy atom. The van der Waals surface area contributed by atoms with Crippen LogP contribution in [0.15, 0.2) is 51.9 Å². The Kier molecular flexibility index (Phi) is 4.42. The SMILES string of the molecule is C[C@@H](NC(=O)c1ccn(C)c(=O)c1)c1nc(-c2ccc(F)cc2)no1. The van der Waals surface area contributed by atoms with E-state index in [1.54, 1.807) is 20.0 Å². The Bertz CT molecular complexity index is 963. The molecule has 1 atom stereocenters. The van der Waals surface area contributed by atoms with E-state index >= 15 is 0 Å². The van der Waals surface area contributed by atoms with Gasteiger partial charge in [0.15, 0.2) is 0 Å². The van der Waals surface area contributed by atoms with Crippen LogP contribution >= 0.6 is 0 Å². The van der Waals surface area contributed by atoms with Crippen LogP contribution < -0.4 is 10.9 Å². The largest absolute Gasteiger partial charge is 0.341 e. The van der Waals surface area contributed by atoms with Crippen molar-refractivity contribution in [1.82, 2.24) is 20.0 Å². The zero-order chi connectivity index (χ0) is 18.0. The van der Waals surface area contributed by atoms with Crippen molar-refractivity contribution in [2.24, 2.45) is 7.05 Å². The Labute approximate surface area is 142 Å². The lowest BCUT2D eigenvalue weighted by molar-refractivity contribution is 0.0932. The maximum atomic E-state index is 13.0. The summed E-state index contributed by atoms with van der Waals surface area (Å²) >= 11 is 0. The summed E-state index contributed by atoms with van der Waals surface area (Å²) in [6.07, 6.45) is 1.52. The molecule has 1 N–H and O–H groups in total. The molecule has 0 unspecified atom stereocenters. The number of aromatic nitrogens is 3. The van der Waals surface area contributed by atoms with Crippen LogP contribution in [0.2, 0.25) is 0 Å². The first-order valence-electron chi connectivity index (χ1n) is 7.51. The predicted octanol–water partition coefficient (Wildman–Crippen LogP) is 2.07. The van der Waals surface area contributed by atoms with Crippen LogP contribution in [0, 0.1) is 5.82 Å². The number of hydrogen-bond acceptors (Lipinski definition) is 5. The highest BCUT2D eigenvalue weighted by Crippen LogP contribution is 2.19. The maximum Gasteiger partial charge on any atom is 0.252 e. The maximum absolute atomic E-state index is 13.0. The number of aryl methyl sites for hydroxylation is 1. The smallest absolute Gasteiger partial charge is 0.252 e. The molecule has 0 aliphatic heterocycles. The topological polar surface area (TPSA) is 90.0 Å². The standard InChI is InChI=1S/C17H15FN4O3/c1-10(19-16(24)12-7-8-22(2)14(23)9-12)17-20-15(21-25-17)11-3-5-13(18)6-4-11/h3-10H,1-2H3,(H,19,24)/t10-/m1/s1. The molecule has 0 spiro atoms. The average Bonchev–Trinajstić information content (AvgIpc) is 3.08. The summed E-state index contributed by atoms with van der Waals surface area (Å²) < 4.78 is 19.5. The molecule has 8 heteroatoms. The van der Waals surface area contributed by atoms with Gasteiger partial charge in [-0.3, -0.25) is 9.59 Å². The van der Waals surface area contributed by atoms with Crippen LogP contribution in [-0.2, 0) is 7.05 Å². The lowest BCUT2D eigenvalue weighted by atomic mass is 10.2. The number of halogens is 1. The van der Waals surface area contributed by atoms with Gasteiger partial charge in [0.1, 0.15) is 11.9 Å². The molecule has 128 valence electrons. The van der Waals surface area contributed by atoms with Crippen LogP contribution in [0.4, 0.5) is 4.39 Å². The summed E-state index contributed by atoms with van der Waals surface area (Å²) in [4.78, 5) is 28.0. The Morgan fingerprint density at radius 3 is 2.68 bits per heavy atom. The molecule has 0 radical (unpaired) electrons. The molecule has 0 saturated carbocycles. The van der Waals surface area contributed by atoms with Crippen molar-refractivity contribution in [2.75, 3.05) is 0 Å². The van der Waals surface area contributed by atoms with Gasteiger partial charge in [-0.1, -0.05) is 5.16 Å². The van der Waals surface area contributed by atoms with Crippen LogP contribution in [0.25, 0.3) is 11.4 Å². The van der Waals surface area contributed by atoms with E-state index in [1.807, 2.05) is 0 Å². The second-order valence-electron chi connectivity index (χ2n) is 5.52. The van der Waals surface area contributed by atoms with Gasteiger partial charge in [-0.25, -0.2) is 4.39 Å². The van der Waals surface area contributed by atoms with E-state index in [0.717, 1.165) is 0 Å². The van der Waals surface area contributed by atoms with Crippen molar-refractivity contribution in [3.63, 3.8) is 0 Å². The minimum Gasteiger partial charge on any atom is -0.341 e. The van der Waals surface area contributed by atoms with Crippen molar-refractivity contribution < 1.29 is 13.7 Å². The van der Waals surface area contributed by atoms with E-state index in [2.05, 4.69) is 15.5 Å². The molecule has 0 saturated heterocycles. The van der Waals surface area contributed by atoms with Crippen LogP contribution in [0.1, 0.15) is 29.2 Å². The predicted molar refractivity (Wildman–Crippen MR) is 87.3 cm³/mol. The van der Waals surface area contributed by atoms with Crippen molar-refractivity contribution in [3.8, 4) is 11.4 Å². The lowest BCUT2D eigenvalue weighted by Crippen LogP contribution is -2.28. The molecule has 2 aromatic heterocycles. The van der Waals surface area contributed by atoms with E-state index in [0.29, 0.717) is 11.4 Å². The Balaban J connectivity index is 1.74. The summed E-state index contributed by atoms with van der Waals surface area (Å²) in [6.45, 7) is 1.68. The third-order valence-corrected chi connectivity index (χ3v) is 3.63. The van der Waals surface area contributed by atoms with E-state index in [9.17, 15) is 14.0 Å². The molecule has 1 amide bonds. The number of amides is 1. The van der Waals surface area contributed by atoms with E-state index < -0.39 is 11.9 Å². The summed E-state index contributed by atoms with van der Waals surface area (Å²) in [5.41, 5.74) is 0.561. The van der Waals surface area contributed by atoms with Crippen molar-refractivity contribution in [2.45, 2.75) is 13.0 Å². The first kappa shape index (κ1) is 16.6. The highest BCUT2D eigenvalue weighted by atomic mass is 19.1. The zero-order valence-corrected chi connectivity index (χ0v) is 13.6. The molecule has 0 fully saturated rings. The molecule has 2 heterocycles. The molecule has 0 bridgehead atoms. The van der Waals surface area contributed by atoms with Gasteiger partial charge in [-0.15, -0.1) is 0 Å². The summed E-state index contributed by atoms with van der Waals surface area (Å²) in [5, 5.41) is 6.52. The van der Waals surface area contributed by atoms with Gasteiger partial charge in [0, 0.05) is 30.4 Å². The fourth-order valence-corrected chi connectivity index (χ4v) is 2.16.